The zero-order valence-corrected chi connectivity index (χ0v) is 11.7. The molecule has 1 atom stereocenters. The van der Waals surface area contributed by atoms with E-state index in [-0.39, 0.29) is 12.0 Å². The van der Waals surface area contributed by atoms with Crippen molar-refractivity contribution in [3.05, 3.63) is 69.7 Å². The molecule has 0 saturated carbocycles. The lowest BCUT2D eigenvalue weighted by Crippen LogP contribution is -2.30. The third-order valence-corrected chi connectivity index (χ3v) is 3.36. The molecule has 2 nitrogen and oxygen atoms in total. The minimum Gasteiger partial charge on any atom is -0.271 e. The molecule has 0 aliphatic heterocycles. The highest BCUT2D eigenvalue weighted by Gasteiger charge is 2.17. The Morgan fingerprint density at radius 3 is 2.40 bits per heavy atom. The van der Waals surface area contributed by atoms with Gasteiger partial charge < -0.3 is 0 Å². The van der Waals surface area contributed by atoms with Crippen molar-refractivity contribution in [3.8, 4) is 0 Å². The van der Waals surface area contributed by atoms with Gasteiger partial charge in [0.25, 0.3) is 0 Å². The van der Waals surface area contributed by atoms with E-state index < -0.39 is 17.7 Å². The van der Waals surface area contributed by atoms with E-state index >= 15 is 0 Å². The molecule has 5 heteroatoms. The van der Waals surface area contributed by atoms with E-state index in [9.17, 15) is 8.78 Å². The first-order valence-corrected chi connectivity index (χ1v) is 6.55. The predicted molar refractivity (Wildman–Crippen MR) is 76.3 cm³/mol. The minimum absolute atomic E-state index is 0.00748. The fourth-order valence-electron chi connectivity index (χ4n) is 2.17. The number of hydrogen-bond donors (Lipinski definition) is 2. The van der Waals surface area contributed by atoms with Crippen molar-refractivity contribution in [2.75, 3.05) is 0 Å². The molecular formula is C15H15ClF2N2. The normalized spacial score (nSPS) is 12.4. The van der Waals surface area contributed by atoms with Crippen LogP contribution in [0.1, 0.15) is 22.7 Å². The Balaban J connectivity index is 2.33. The minimum atomic E-state index is -0.580. The summed E-state index contributed by atoms with van der Waals surface area (Å²) >= 11 is 6.00. The second-order valence-corrected chi connectivity index (χ2v) is 5.12. The summed E-state index contributed by atoms with van der Waals surface area (Å²) in [7, 11) is 0. The zero-order chi connectivity index (χ0) is 14.7. The van der Waals surface area contributed by atoms with Crippen molar-refractivity contribution >= 4 is 11.6 Å². The van der Waals surface area contributed by atoms with Gasteiger partial charge >= 0.3 is 0 Å². The van der Waals surface area contributed by atoms with E-state index in [2.05, 4.69) is 5.43 Å². The summed E-state index contributed by atoms with van der Waals surface area (Å²) in [6, 6.07) is 8.81. The quantitative estimate of drug-likeness (QED) is 0.667. The Bertz CT molecular complexity index is 576. The van der Waals surface area contributed by atoms with Crippen molar-refractivity contribution in [2.24, 2.45) is 5.84 Å². The van der Waals surface area contributed by atoms with Crippen LogP contribution >= 0.6 is 11.6 Å². The molecule has 2 rings (SSSR count). The fraction of sp³-hybridized carbons (Fsp3) is 0.200. The molecule has 20 heavy (non-hydrogen) atoms. The van der Waals surface area contributed by atoms with Gasteiger partial charge in [0.2, 0.25) is 0 Å². The van der Waals surface area contributed by atoms with Crippen LogP contribution in [-0.4, -0.2) is 0 Å². The first kappa shape index (κ1) is 14.9. The Kier molecular flexibility index (Phi) is 4.70. The van der Waals surface area contributed by atoms with Crippen LogP contribution in [-0.2, 0) is 6.42 Å². The van der Waals surface area contributed by atoms with Crippen molar-refractivity contribution in [1.82, 2.24) is 5.43 Å². The van der Waals surface area contributed by atoms with Gasteiger partial charge in [0.05, 0.1) is 6.04 Å². The maximum absolute atomic E-state index is 13.7. The fourth-order valence-corrected chi connectivity index (χ4v) is 2.47. The SMILES string of the molecule is Cc1cc(Cl)cc(C(Cc2c(F)cccc2F)NN)c1. The molecule has 0 heterocycles. The van der Waals surface area contributed by atoms with Gasteiger partial charge in [-0.15, -0.1) is 0 Å². The van der Waals surface area contributed by atoms with E-state index in [1.807, 2.05) is 19.1 Å². The van der Waals surface area contributed by atoms with Crippen LogP contribution in [0.25, 0.3) is 0 Å². The molecule has 0 amide bonds. The average Bonchev–Trinajstić information content (AvgIpc) is 2.37. The van der Waals surface area contributed by atoms with E-state index in [0.29, 0.717) is 5.02 Å². The van der Waals surface area contributed by atoms with Crippen molar-refractivity contribution in [2.45, 2.75) is 19.4 Å². The molecule has 0 aromatic heterocycles. The number of hydrogen-bond acceptors (Lipinski definition) is 2. The van der Waals surface area contributed by atoms with Gasteiger partial charge in [0.1, 0.15) is 11.6 Å². The first-order chi connectivity index (χ1) is 9.51. The van der Waals surface area contributed by atoms with Gasteiger partial charge in [-0.25, -0.2) is 8.78 Å². The van der Waals surface area contributed by atoms with Crippen molar-refractivity contribution in [1.29, 1.82) is 0 Å². The number of hydrazine groups is 1. The highest BCUT2D eigenvalue weighted by atomic mass is 35.5. The zero-order valence-electron chi connectivity index (χ0n) is 11.0. The van der Waals surface area contributed by atoms with Crippen LogP contribution in [0.4, 0.5) is 8.78 Å². The van der Waals surface area contributed by atoms with Gasteiger partial charge in [-0.2, -0.15) is 0 Å². The van der Waals surface area contributed by atoms with Crippen LogP contribution in [0.3, 0.4) is 0 Å². The molecule has 106 valence electrons. The molecule has 0 spiro atoms. The highest BCUT2D eigenvalue weighted by Crippen LogP contribution is 2.25. The third-order valence-electron chi connectivity index (χ3n) is 3.14. The Labute approximate surface area is 121 Å². The smallest absolute Gasteiger partial charge is 0.129 e. The molecule has 0 aliphatic carbocycles. The van der Waals surface area contributed by atoms with Crippen LogP contribution < -0.4 is 11.3 Å². The number of halogens is 3. The van der Waals surface area contributed by atoms with E-state index in [1.165, 1.54) is 18.2 Å². The summed E-state index contributed by atoms with van der Waals surface area (Å²) < 4.78 is 27.4. The predicted octanol–water partition coefficient (Wildman–Crippen LogP) is 3.67. The van der Waals surface area contributed by atoms with Gasteiger partial charge in [0, 0.05) is 10.6 Å². The molecule has 2 aromatic carbocycles. The molecule has 0 saturated heterocycles. The van der Waals surface area contributed by atoms with Crippen molar-refractivity contribution < 1.29 is 8.78 Å². The number of nitrogens with two attached hydrogens (primary N) is 1. The van der Waals surface area contributed by atoms with Crippen LogP contribution in [0, 0.1) is 18.6 Å². The van der Waals surface area contributed by atoms with Gasteiger partial charge in [-0.05, 0) is 48.7 Å². The molecule has 0 radical (unpaired) electrons. The van der Waals surface area contributed by atoms with Gasteiger partial charge in [-0.1, -0.05) is 23.7 Å². The second-order valence-electron chi connectivity index (χ2n) is 4.69. The number of aryl methyl sites for hydroxylation is 1. The lowest BCUT2D eigenvalue weighted by atomic mass is 9.97. The number of benzene rings is 2. The topological polar surface area (TPSA) is 38.0 Å². The first-order valence-electron chi connectivity index (χ1n) is 6.17. The number of rotatable bonds is 4. The molecule has 2 aromatic rings. The van der Waals surface area contributed by atoms with Gasteiger partial charge in [-0.3, -0.25) is 11.3 Å². The molecule has 1 unspecified atom stereocenters. The summed E-state index contributed by atoms with van der Waals surface area (Å²) in [6.45, 7) is 1.90. The highest BCUT2D eigenvalue weighted by molar-refractivity contribution is 6.30. The Hall–Kier alpha value is -1.49. The molecule has 3 N–H and O–H groups in total. The average molecular weight is 297 g/mol. The Morgan fingerprint density at radius 1 is 1.20 bits per heavy atom. The maximum atomic E-state index is 13.7. The van der Waals surface area contributed by atoms with E-state index in [0.717, 1.165) is 11.1 Å². The van der Waals surface area contributed by atoms with Crippen LogP contribution in [0.15, 0.2) is 36.4 Å². The summed E-state index contributed by atoms with van der Waals surface area (Å²) in [5, 5.41) is 0.564. The molecule has 0 fully saturated rings. The monoisotopic (exact) mass is 296 g/mol. The summed E-state index contributed by atoms with van der Waals surface area (Å²) in [5.41, 5.74) is 4.34. The standard InChI is InChI=1S/C15H15ClF2N2/c1-9-5-10(7-11(16)6-9)15(20-19)8-12-13(17)3-2-4-14(12)18/h2-7,15,20H,8,19H2,1H3. The van der Waals surface area contributed by atoms with E-state index in [1.54, 1.807) is 6.07 Å². The van der Waals surface area contributed by atoms with Crippen LogP contribution in [0.2, 0.25) is 5.02 Å². The van der Waals surface area contributed by atoms with Gasteiger partial charge in [0.15, 0.2) is 0 Å². The van der Waals surface area contributed by atoms with E-state index in [4.69, 9.17) is 17.4 Å². The molecular weight excluding hydrogens is 282 g/mol. The lowest BCUT2D eigenvalue weighted by Gasteiger charge is -2.18. The largest absolute Gasteiger partial charge is 0.271 e. The number of nitrogens with one attached hydrogen (secondary N) is 1. The summed E-state index contributed by atoms with van der Waals surface area (Å²) in [4.78, 5) is 0. The lowest BCUT2D eigenvalue weighted by molar-refractivity contribution is 0.500. The molecule has 0 bridgehead atoms. The molecule has 0 aliphatic rings. The third kappa shape index (κ3) is 3.33. The second kappa shape index (κ2) is 6.31. The Morgan fingerprint density at radius 2 is 1.85 bits per heavy atom. The maximum Gasteiger partial charge on any atom is 0.129 e. The summed E-state index contributed by atoms with van der Waals surface area (Å²) in [6.07, 6.45) is 0.106. The van der Waals surface area contributed by atoms with Crippen LogP contribution in [0.5, 0.6) is 0 Å². The summed E-state index contributed by atoms with van der Waals surface area (Å²) in [5.74, 6) is 4.36. The van der Waals surface area contributed by atoms with Crippen molar-refractivity contribution in [3.63, 3.8) is 0 Å².